The minimum Gasteiger partial charge on any atom is -0.370 e. The van der Waals surface area contributed by atoms with E-state index >= 15 is 0 Å². The van der Waals surface area contributed by atoms with Gasteiger partial charge in [-0.25, -0.2) is 9.97 Å². The summed E-state index contributed by atoms with van der Waals surface area (Å²) >= 11 is 0. The minimum atomic E-state index is -0.284. The molecular formula is C19H24N6O2. The maximum Gasteiger partial charge on any atom is 0.274 e. The van der Waals surface area contributed by atoms with Gasteiger partial charge in [0.05, 0.1) is 18.4 Å². The Bertz CT molecular complexity index is 793. The molecule has 2 bridgehead atoms. The molecule has 0 radical (unpaired) electrons. The minimum absolute atomic E-state index is 0.00921. The molecule has 27 heavy (non-hydrogen) atoms. The molecule has 2 N–H and O–H groups in total. The van der Waals surface area contributed by atoms with Crippen molar-refractivity contribution in [1.82, 2.24) is 25.2 Å². The number of carbonyl (C=O) groups excluding carboxylic acids is 2. The van der Waals surface area contributed by atoms with E-state index in [9.17, 15) is 9.59 Å². The number of nitrogens with one attached hydrogen (secondary N) is 2. The molecule has 0 aliphatic carbocycles. The summed E-state index contributed by atoms with van der Waals surface area (Å²) in [5.41, 5.74) is 1.95. The third kappa shape index (κ3) is 5.47. The highest BCUT2D eigenvalue weighted by molar-refractivity contribution is 5.94. The molecule has 0 fully saturated rings. The molecule has 3 rings (SSSR count). The van der Waals surface area contributed by atoms with Crippen molar-refractivity contribution in [3.8, 4) is 0 Å². The van der Waals surface area contributed by atoms with E-state index in [1.165, 1.54) is 11.1 Å². The van der Waals surface area contributed by atoms with Crippen molar-refractivity contribution < 1.29 is 9.59 Å². The lowest BCUT2D eigenvalue weighted by molar-refractivity contribution is -0.121. The van der Waals surface area contributed by atoms with E-state index in [0.717, 1.165) is 36.6 Å². The van der Waals surface area contributed by atoms with Gasteiger partial charge in [0, 0.05) is 31.5 Å². The number of aryl methyl sites for hydroxylation is 2. The number of carbonyl (C=O) groups is 2. The average molecular weight is 368 g/mol. The molecule has 2 amide bonds. The second kappa shape index (κ2) is 9.07. The first-order valence-corrected chi connectivity index (χ1v) is 9.16. The zero-order chi connectivity index (χ0) is 19.1. The van der Waals surface area contributed by atoms with E-state index in [-0.39, 0.29) is 24.1 Å². The van der Waals surface area contributed by atoms with Gasteiger partial charge >= 0.3 is 0 Å². The zero-order valence-corrected chi connectivity index (χ0v) is 15.4. The van der Waals surface area contributed by atoms with Gasteiger partial charge in [-0.2, -0.15) is 0 Å². The molecule has 0 spiro atoms. The maximum absolute atomic E-state index is 12.8. The fraction of sp³-hybridized carbons (Fsp3) is 0.421. The molecule has 3 heterocycles. The predicted octanol–water partition coefficient (Wildman–Crippen LogP) is 1.19. The van der Waals surface area contributed by atoms with Gasteiger partial charge in [0.1, 0.15) is 11.5 Å². The second-order valence-electron chi connectivity index (χ2n) is 6.52. The van der Waals surface area contributed by atoms with Crippen LogP contribution in [0, 0.1) is 6.92 Å². The summed E-state index contributed by atoms with van der Waals surface area (Å²) in [4.78, 5) is 39.4. The van der Waals surface area contributed by atoms with Crippen LogP contribution in [0.15, 0.2) is 30.6 Å². The second-order valence-corrected chi connectivity index (χ2v) is 6.52. The van der Waals surface area contributed by atoms with Gasteiger partial charge in [0.25, 0.3) is 5.91 Å². The quantitative estimate of drug-likeness (QED) is 0.784. The van der Waals surface area contributed by atoms with Crippen molar-refractivity contribution in [3.05, 3.63) is 47.7 Å². The largest absolute Gasteiger partial charge is 0.370 e. The van der Waals surface area contributed by atoms with Gasteiger partial charge in [-0.15, -0.1) is 0 Å². The van der Waals surface area contributed by atoms with E-state index in [1.54, 1.807) is 6.20 Å². The highest BCUT2D eigenvalue weighted by Crippen LogP contribution is 2.09. The predicted molar refractivity (Wildman–Crippen MR) is 101 cm³/mol. The molecule has 1 aliphatic heterocycles. The van der Waals surface area contributed by atoms with E-state index in [1.807, 2.05) is 25.1 Å². The standard InChI is InChI=1S/C19H24N6O2/c1-14-11-23-16(12-22-14)19(27)25-10-3-6-15-5-2-7-17(24-15)20-8-4-9-21-18(26)13-25/h2,5,7,11-12H,3-4,6,8-10,13H2,1H3,(H,20,24)(H,21,26). The molecular weight excluding hydrogens is 344 g/mol. The highest BCUT2D eigenvalue weighted by atomic mass is 16.2. The van der Waals surface area contributed by atoms with Gasteiger partial charge < -0.3 is 15.5 Å². The third-order valence-electron chi connectivity index (χ3n) is 4.27. The van der Waals surface area contributed by atoms with E-state index in [0.29, 0.717) is 19.5 Å². The Morgan fingerprint density at radius 1 is 1.11 bits per heavy atom. The Kier molecular flexibility index (Phi) is 6.30. The van der Waals surface area contributed by atoms with Crippen molar-refractivity contribution in [2.45, 2.75) is 26.2 Å². The van der Waals surface area contributed by atoms with Crippen LogP contribution in [0.2, 0.25) is 0 Å². The molecule has 142 valence electrons. The number of anilines is 1. The Morgan fingerprint density at radius 2 is 1.96 bits per heavy atom. The van der Waals surface area contributed by atoms with Crippen LogP contribution in [0.5, 0.6) is 0 Å². The number of rotatable bonds is 1. The molecule has 1 aliphatic rings. The number of hydrogen-bond acceptors (Lipinski definition) is 6. The van der Waals surface area contributed by atoms with Gasteiger partial charge in [-0.05, 0) is 38.3 Å². The van der Waals surface area contributed by atoms with Crippen LogP contribution < -0.4 is 10.6 Å². The molecule has 0 unspecified atom stereocenters. The summed E-state index contributed by atoms with van der Waals surface area (Å²) in [6.45, 7) is 3.53. The molecule has 8 heteroatoms. The average Bonchev–Trinajstić information content (AvgIpc) is 2.67. The Hall–Kier alpha value is -3.03. The topological polar surface area (TPSA) is 100 Å². The van der Waals surface area contributed by atoms with Crippen LogP contribution in [0.4, 0.5) is 5.82 Å². The fourth-order valence-corrected chi connectivity index (χ4v) is 2.85. The molecule has 0 aromatic carbocycles. The van der Waals surface area contributed by atoms with Crippen molar-refractivity contribution in [3.63, 3.8) is 0 Å². The van der Waals surface area contributed by atoms with Crippen LogP contribution in [-0.2, 0) is 11.2 Å². The Morgan fingerprint density at radius 3 is 2.78 bits per heavy atom. The van der Waals surface area contributed by atoms with Crippen molar-refractivity contribution in [1.29, 1.82) is 0 Å². The maximum atomic E-state index is 12.8. The fourth-order valence-electron chi connectivity index (χ4n) is 2.85. The van der Waals surface area contributed by atoms with Crippen molar-refractivity contribution in [2.75, 3.05) is 31.5 Å². The number of pyridine rings is 1. The first kappa shape index (κ1) is 18.8. The van der Waals surface area contributed by atoms with E-state index in [4.69, 9.17) is 0 Å². The smallest absolute Gasteiger partial charge is 0.274 e. The Labute approximate surface area is 158 Å². The van der Waals surface area contributed by atoms with Crippen LogP contribution in [0.3, 0.4) is 0 Å². The SMILES string of the molecule is Cc1cnc(C(=O)N2CCCc3cccc(n3)NCCCNC(=O)C2)cn1. The number of fused-ring (bicyclic) bond motifs is 2. The lowest BCUT2D eigenvalue weighted by Crippen LogP contribution is -2.42. The van der Waals surface area contributed by atoms with E-state index in [2.05, 4.69) is 25.6 Å². The zero-order valence-electron chi connectivity index (χ0n) is 15.4. The first-order chi connectivity index (χ1) is 13.1. The molecule has 0 saturated heterocycles. The summed E-state index contributed by atoms with van der Waals surface area (Å²) < 4.78 is 0. The summed E-state index contributed by atoms with van der Waals surface area (Å²) in [7, 11) is 0. The highest BCUT2D eigenvalue weighted by Gasteiger charge is 2.20. The van der Waals surface area contributed by atoms with Gasteiger partial charge in [0.15, 0.2) is 0 Å². The molecule has 2 aromatic heterocycles. The van der Waals surface area contributed by atoms with Crippen LogP contribution in [0.1, 0.15) is 34.7 Å². The van der Waals surface area contributed by atoms with Crippen molar-refractivity contribution >= 4 is 17.6 Å². The van der Waals surface area contributed by atoms with Crippen molar-refractivity contribution in [2.24, 2.45) is 0 Å². The summed E-state index contributed by atoms with van der Waals surface area (Å²) in [5, 5.41) is 6.12. The molecule has 8 nitrogen and oxygen atoms in total. The van der Waals surface area contributed by atoms with E-state index < -0.39 is 0 Å². The molecule has 0 saturated carbocycles. The van der Waals surface area contributed by atoms with Gasteiger partial charge in [-0.3, -0.25) is 14.6 Å². The summed E-state index contributed by atoms with van der Waals surface area (Å²) in [6.07, 6.45) is 5.21. The first-order valence-electron chi connectivity index (χ1n) is 9.16. The summed E-state index contributed by atoms with van der Waals surface area (Å²) in [5.74, 6) is 0.379. The monoisotopic (exact) mass is 368 g/mol. The normalized spacial score (nSPS) is 16.0. The number of aromatic nitrogens is 3. The lowest BCUT2D eigenvalue weighted by Gasteiger charge is -2.22. The summed E-state index contributed by atoms with van der Waals surface area (Å²) in [6, 6.07) is 5.88. The Balaban J connectivity index is 1.74. The number of amides is 2. The third-order valence-corrected chi connectivity index (χ3v) is 4.27. The lowest BCUT2D eigenvalue weighted by atomic mass is 10.2. The van der Waals surface area contributed by atoms with Crippen LogP contribution >= 0.6 is 0 Å². The molecule has 2 aromatic rings. The number of hydrogen-bond donors (Lipinski definition) is 2. The van der Waals surface area contributed by atoms with Crippen LogP contribution in [0.25, 0.3) is 0 Å². The van der Waals surface area contributed by atoms with Crippen LogP contribution in [-0.4, -0.2) is 57.8 Å². The van der Waals surface area contributed by atoms with Gasteiger partial charge in [0.2, 0.25) is 5.91 Å². The number of nitrogens with zero attached hydrogens (tertiary/aromatic N) is 4. The van der Waals surface area contributed by atoms with Gasteiger partial charge in [-0.1, -0.05) is 6.07 Å². The molecule has 0 atom stereocenters.